The minimum atomic E-state index is -4.40. The van der Waals surface area contributed by atoms with E-state index in [1.54, 1.807) is 11.4 Å². The number of nitrogens with zero attached hydrogens (tertiary/aromatic N) is 3. The molecule has 1 saturated heterocycles. The van der Waals surface area contributed by atoms with E-state index in [4.69, 9.17) is 8.97 Å². The van der Waals surface area contributed by atoms with Crippen molar-refractivity contribution in [2.75, 3.05) is 51.3 Å². The third-order valence-electron chi connectivity index (χ3n) is 6.19. The van der Waals surface area contributed by atoms with Crippen molar-refractivity contribution in [1.29, 1.82) is 0 Å². The summed E-state index contributed by atoms with van der Waals surface area (Å²) >= 11 is 1.32. The van der Waals surface area contributed by atoms with Gasteiger partial charge in [-0.2, -0.15) is 8.42 Å². The summed E-state index contributed by atoms with van der Waals surface area (Å²) in [4.78, 5) is 30.7. The van der Waals surface area contributed by atoms with Crippen molar-refractivity contribution in [3.8, 4) is 10.6 Å². The van der Waals surface area contributed by atoms with E-state index < -0.39 is 16.0 Å². The van der Waals surface area contributed by atoms with Crippen LogP contribution in [0.15, 0.2) is 38.9 Å². The lowest BCUT2D eigenvalue weighted by atomic mass is 10.1. The van der Waals surface area contributed by atoms with Gasteiger partial charge in [0.25, 0.3) is 0 Å². The molecule has 0 saturated carbocycles. The maximum atomic E-state index is 12.7. The first-order chi connectivity index (χ1) is 16.5. The summed E-state index contributed by atoms with van der Waals surface area (Å²) in [6.45, 7) is 5.51. The summed E-state index contributed by atoms with van der Waals surface area (Å²) in [5, 5.41) is 3.12. The third-order valence-corrected chi connectivity index (χ3v) is 7.58. The molecule has 3 heterocycles. The minimum Gasteiger partial charge on any atom is -0.422 e. The van der Waals surface area contributed by atoms with Gasteiger partial charge >= 0.3 is 16.0 Å². The second kappa shape index (κ2) is 10.2. The molecule has 35 heavy (non-hydrogen) atoms. The predicted octanol–water partition coefficient (Wildman–Crippen LogP) is 2.52. The van der Waals surface area contributed by atoms with Gasteiger partial charge < -0.3 is 13.8 Å². The molecule has 12 heteroatoms. The van der Waals surface area contributed by atoms with Crippen LogP contribution in [0.2, 0.25) is 0 Å². The van der Waals surface area contributed by atoms with Crippen LogP contribution < -0.4 is 10.5 Å². The molecule has 0 aliphatic carbocycles. The average molecular weight is 523 g/mol. The van der Waals surface area contributed by atoms with Gasteiger partial charge in [-0.3, -0.25) is 9.35 Å². The Labute approximate surface area is 207 Å². The summed E-state index contributed by atoms with van der Waals surface area (Å²) < 4.78 is 40.9. The zero-order valence-corrected chi connectivity index (χ0v) is 21.2. The Kier molecular flexibility index (Phi) is 7.38. The quantitative estimate of drug-likeness (QED) is 0.195. The molecule has 0 bridgehead atoms. The number of piperazine rings is 1. The second-order valence-electron chi connectivity index (χ2n) is 9.07. The molecule has 0 spiro atoms. The number of carbonyl (C=O) groups excluding carboxylic acids is 1. The molecular weight excluding hydrogens is 494 g/mol. The molecule has 1 aliphatic rings. The number of thiazole rings is 1. The largest absolute Gasteiger partial charge is 0.422 e. The topological polar surface area (TPSA) is 127 Å². The molecular formula is C23H28N3O7S2+. The Morgan fingerprint density at radius 2 is 2.03 bits per heavy atom. The first-order valence-corrected chi connectivity index (χ1v) is 13.5. The summed E-state index contributed by atoms with van der Waals surface area (Å²) in [5.74, 6) is 0.0166. The van der Waals surface area contributed by atoms with Gasteiger partial charge in [-0.1, -0.05) is 0 Å². The Hall–Kier alpha value is -2.64. The Balaban J connectivity index is 1.43. The zero-order chi connectivity index (χ0) is 25.2. The van der Waals surface area contributed by atoms with Crippen LogP contribution in [0.5, 0.6) is 0 Å². The third kappa shape index (κ3) is 6.53. The van der Waals surface area contributed by atoms with Crippen LogP contribution in [0.4, 0.5) is 5.69 Å². The molecule has 1 N–H and O–H groups in total. The van der Waals surface area contributed by atoms with Crippen LogP contribution in [-0.2, 0) is 25.8 Å². The van der Waals surface area contributed by atoms with E-state index in [1.807, 2.05) is 18.2 Å². The number of fused-ring (bicyclic) bond motifs is 1. The number of aromatic nitrogens is 1. The molecule has 1 aliphatic heterocycles. The molecule has 2 aromatic heterocycles. The molecule has 0 radical (unpaired) electrons. The monoisotopic (exact) mass is 522 g/mol. The number of rotatable bonds is 9. The van der Waals surface area contributed by atoms with Gasteiger partial charge in [-0.25, -0.2) is 14.0 Å². The van der Waals surface area contributed by atoms with Crippen molar-refractivity contribution < 1.29 is 30.8 Å². The van der Waals surface area contributed by atoms with Gasteiger partial charge in [0, 0.05) is 35.4 Å². The number of quaternary nitrogens is 1. The number of ketones is 1. The average Bonchev–Trinajstić information content (AvgIpc) is 3.23. The van der Waals surface area contributed by atoms with E-state index in [0.717, 1.165) is 48.3 Å². The van der Waals surface area contributed by atoms with Gasteiger partial charge in [0.2, 0.25) is 0 Å². The highest BCUT2D eigenvalue weighted by Crippen LogP contribution is 2.28. The highest BCUT2D eigenvalue weighted by Gasteiger charge is 2.29. The molecule has 188 valence electrons. The van der Waals surface area contributed by atoms with Crippen molar-refractivity contribution >= 4 is 44.2 Å². The molecule has 0 amide bonds. The second-order valence-corrected chi connectivity index (χ2v) is 11.0. The van der Waals surface area contributed by atoms with E-state index >= 15 is 0 Å². The number of hydrogen-bond acceptors (Lipinski definition) is 9. The van der Waals surface area contributed by atoms with Crippen molar-refractivity contribution in [3.63, 3.8) is 0 Å². The van der Waals surface area contributed by atoms with Crippen molar-refractivity contribution in [2.45, 2.75) is 19.8 Å². The molecule has 10 nitrogen and oxygen atoms in total. The summed E-state index contributed by atoms with van der Waals surface area (Å²) in [7, 11) is -2.28. The number of likely N-dealkylation sites (N-methyl/N-ethyl adjacent to an activating group) is 1. The van der Waals surface area contributed by atoms with Crippen LogP contribution >= 0.6 is 11.3 Å². The summed E-state index contributed by atoms with van der Waals surface area (Å²) in [5.41, 5.74) is 2.03. The minimum absolute atomic E-state index is 0.0166. The highest BCUT2D eigenvalue weighted by molar-refractivity contribution is 7.80. The highest BCUT2D eigenvalue weighted by atomic mass is 32.3. The molecule has 1 fully saturated rings. The van der Waals surface area contributed by atoms with Crippen molar-refractivity contribution in [1.82, 2.24) is 4.98 Å². The van der Waals surface area contributed by atoms with Gasteiger partial charge in [0.05, 0.1) is 57.6 Å². The van der Waals surface area contributed by atoms with Gasteiger partial charge in [0.15, 0.2) is 0 Å². The first kappa shape index (κ1) is 25.5. The van der Waals surface area contributed by atoms with Crippen LogP contribution in [0.25, 0.3) is 21.5 Å². The lowest BCUT2D eigenvalue weighted by Gasteiger charge is -2.43. The van der Waals surface area contributed by atoms with E-state index in [0.29, 0.717) is 28.3 Å². The number of benzene rings is 1. The van der Waals surface area contributed by atoms with Gasteiger partial charge in [0.1, 0.15) is 16.4 Å². The summed E-state index contributed by atoms with van der Waals surface area (Å²) in [6.07, 6.45) is 0.764. The molecule has 0 unspecified atom stereocenters. The number of Topliss-reactive ketones (excluding diaryl/α,β-unsaturated/α-hetero) is 1. The number of anilines is 1. The number of hydrogen-bond donors (Lipinski definition) is 1. The standard InChI is InChI=1S/C23H27N3O7S2/c1-16(27)12-18-15-34-22(24-18)20-13-17-4-5-19(14-21(17)33-23(20)28)25-6-9-26(2,10-7-25)8-3-11-32-35(29,30)31/h4-5,13-15H,3,6-12H2,1-2H3/p+1. The maximum Gasteiger partial charge on any atom is 0.397 e. The van der Waals surface area contributed by atoms with Crippen molar-refractivity contribution in [2.24, 2.45) is 0 Å². The number of carbonyl (C=O) groups is 1. The lowest BCUT2D eigenvalue weighted by molar-refractivity contribution is -0.910. The zero-order valence-electron chi connectivity index (χ0n) is 19.6. The van der Waals surface area contributed by atoms with Gasteiger partial charge in [-0.05, 0) is 25.1 Å². The molecule has 4 rings (SSSR count). The molecule has 3 aromatic rings. The fourth-order valence-corrected chi connectivity index (χ4v) is 5.40. The Morgan fingerprint density at radius 1 is 1.29 bits per heavy atom. The van der Waals surface area contributed by atoms with Gasteiger partial charge in [-0.15, -0.1) is 11.3 Å². The van der Waals surface area contributed by atoms with Crippen LogP contribution in [0.3, 0.4) is 0 Å². The van der Waals surface area contributed by atoms with Crippen LogP contribution in [-0.4, -0.2) is 74.6 Å². The van der Waals surface area contributed by atoms with E-state index in [-0.39, 0.29) is 18.8 Å². The maximum absolute atomic E-state index is 12.7. The first-order valence-electron chi connectivity index (χ1n) is 11.2. The van der Waals surface area contributed by atoms with E-state index in [1.165, 1.54) is 18.3 Å². The molecule has 0 atom stereocenters. The SMILES string of the molecule is CC(=O)Cc1csc(-c2cc3ccc(N4CC[N+](C)(CCCOS(=O)(=O)O)CC4)cc3oc2=O)n1. The van der Waals surface area contributed by atoms with E-state index in [2.05, 4.69) is 21.1 Å². The Bertz CT molecular complexity index is 1390. The normalized spacial score (nSPS) is 16.0. The smallest absolute Gasteiger partial charge is 0.397 e. The van der Waals surface area contributed by atoms with Crippen LogP contribution in [0, 0.1) is 0 Å². The lowest BCUT2D eigenvalue weighted by Crippen LogP contribution is -2.57. The van der Waals surface area contributed by atoms with Crippen molar-refractivity contribution in [3.05, 3.63) is 45.8 Å². The molecule has 1 aromatic carbocycles. The fourth-order valence-electron chi connectivity index (χ4n) is 4.25. The van der Waals surface area contributed by atoms with E-state index in [9.17, 15) is 18.0 Å². The van der Waals surface area contributed by atoms with Crippen LogP contribution in [0.1, 0.15) is 19.0 Å². The summed E-state index contributed by atoms with van der Waals surface area (Å²) in [6, 6.07) is 7.58. The Morgan fingerprint density at radius 3 is 2.71 bits per heavy atom. The predicted molar refractivity (Wildman–Crippen MR) is 133 cm³/mol. The fraction of sp³-hybridized carbons (Fsp3) is 0.435.